The van der Waals surface area contributed by atoms with Gasteiger partial charge in [-0.05, 0) is 55.7 Å². The summed E-state index contributed by atoms with van der Waals surface area (Å²) in [6.07, 6.45) is 6.29. The summed E-state index contributed by atoms with van der Waals surface area (Å²) >= 11 is 0. The summed E-state index contributed by atoms with van der Waals surface area (Å²) in [4.78, 5) is 20.5. The van der Waals surface area contributed by atoms with Gasteiger partial charge in [0.25, 0.3) is 0 Å². The molecule has 0 aliphatic carbocycles. The molecule has 4 aromatic rings. The highest BCUT2D eigenvalue weighted by molar-refractivity contribution is 5.57. The molecular formula is C24H23FN6O. The van der Waals surface area contributed by atoms with E-state index in [4.69, 9.17) is 14.5 Å². The largest absolute Gasteiger partial charge is 0.356 e. The molecule has 1 aromatic carbocycles. The number of hydrogen-bond donors (Lipinski definition) is 0. The minimum Gasteiger partial charge on any atom is -0.356 e. The molecule has 0 N–H and O–H groups in total. The third-order valence-corrected chi connectivity index (χ3v) is 5.71. The Morgan fingerprint density at radius 3 is 2.56 bits per heavy atom. The van der Waals surface area contributed by atoms with Gasteiger partial charge in [-0.2, -0.15) is 4.98 Å². The normalized spacial score (nSPS) is 16.3. The molecule has 1 saturated heterocycles. The molecule has 1 aliphatic heterocycles. The number of aromatic nitrogens is 5. The Morgan fingerprint density at radius 1 is 1.00 bits per heavy atom. The van der Waals surface area contributed by atoms with E-state index in [9.17, 15) is 4.39 Å². The van der Waals surface area contributed by atoms with Crippen LogP contribution in [0.15, 0.2) is 59.4 Å². The molecule has 0 amide bonds. The lowest BCUT2D eigenvalue weighted by Gasteiger charge is -2.32. The molecule has 1 unspecified atom stereocenters. The number of nitrogens with zero attached hydrogens (tertiary/aromatic N) is 6. The molecule has 8 heteroatoms. The van der Waals surface area contributed by atoms with Crippen LogP contribution in [-0.2, 0) is 6.42 Å². The first kappa shape index (κ1) is 20.2. The van der Waals surface area contributed by atoms with Gasteiger partial charge in [-0.3, -0.25) is 4.98 Å². The van der Waals surface area contributed by atoms with Crippen LogP contribution in [0.25, 0.3) is 22.8 Å². The lowest BCUT2D eigenvalue weighted by molar-refractivity contribution is 0.333. The van der Waals surface area contributed by atoms with E-state index in [2.05, 4.69) is 33.0 Å². The van der Waals surface area contributed by atoms with Gasteiger partial charge in [-0.15, -0.1) is 0 Å². The molecule has 1 atom stereocenters. The monoisotopic (exact) mass is 430 g/mol. The minimum atomic E-state index is -0.289. The second-order valence-electron chi connectivity index (χ2n) is 7.88. The summed E-state index contributed by atoms with van der Waals surface area (Å²) in [5.74, 6) is 2.52. The summed E-state index contributed by atoms with van der Waals surface area (Å²) in [6, 6.07) is 12.0. The molecule has 32 heavy (non-hydrogen) atoms. The summed E-state index contributed by atoms with van der Waals surface area (Å²) in [6.45, 7) is 3.74. The highest BCUT2D eigenvalue weighted by atomic mass is 19.1. The Morgan fingerprint density at radius 2 is 1.78 bits per heavy atom. The quantitative estimate of drug-likeness (QED) is 0.455. The van der Waals surface area contributed by atoms with Gasteiger partial charge < -0.3 is 9.42 Å². The molecule has 4 heterocycles. The van der Waals surface area contributed by atoms with Crippen molar-refractivity contribution >= 4 is 5.82 Å². The van der Waals surface area contributed by atoms with Crippen LogP contribution >= 0.6 is 0 Å². The van der Waals surface area contributed by atoms with Crippen molar-refractivity contribution in [2.75, 3.05) is 18.0 Å². The molecule has 0 saturated carbocycles. The molecule has 0 spiro atoms. The standard InChI is InChI=1S/C24H23FN6O/c1-2-20-14-21(28-22(27-20)17-9-11-26-12-10-17)31-13-3-4-18(15-31)24-29-23(30-32-24)16-5-7-19(25)8-6-16/h5-12,14,18H,2-4,13,15H2,1H3. The van der Waals surface area contributed by atoms with Crippen LogP contribution in [0, 0.1) is 5.82 Å². The zero-order chi connectivity index (χ0) is 21.9. The Bertz CT molecular complexity index is 1190. The second-order valence-corrected chi connectivity index (χ2v) is 7.88. The Labute approximate surface area is 185 Å². The third-order valence-electron chi connectivity index (χ3n) is 5.71. The van der Waals surface area contributed by atoms with Crippen LogP contribution in [0.4, 0.5) is 10.2 Å². The SMILES string of the molecule is CCc1cc(N2CCCC(c3nc(-c4ccc(F)cc4)no3)C2)nc(-c2ccncc2)n1. The van der Waals surface area contributed by atoms with Crippen molar-refractivity contribution in [2.24, 2.45) is 0 Å². The van der Waals surface area contributed by atoms with Gasteiger partial charge in [0, 0.05) is 48.4 Å². The van der Waals surface area contributed by atoms with Gasteiger partial charge in [-0.1, -0.05) is 12.1 Å². The predicted molar refractivity (Wildman–Crippen MR) is 119 cm³/mol. The fourth-order valence-corrected chi connectivity index (χ4v) is 3.96. The smallest absolute Gasteiger partial charge is 0.231 e. The molecule has 1 aliphatic rings. The van der Waals surface area contributed by atoms with Crippen LogP contribution in [-0.4, -0.2) is 38.2 Å². The van der Waals surface area contributed by atoms with E-state index in [0.29, 0.717) is 17.5 Å². The molecule has 5 rings (SSSR count). The topological polar surface area (TPSA) is 80.8 Å². The van der Waals surface area contributed by atoms with Gasteiger partial charge >= 0.3 is 0 Å². The predicted octanol–water partition coefficient (Wildman–Crippen LogP) is 4.67. The number of piperidine rings is 1. The van der Waals surface area contributed by atoms with Crippen molar-refractivity contribution in [1.29, 1.82) is 0 Å². The summed E-state index contributed by atoms with van der Waals surface area (Å²) in [7, 11) is 0. The number of halogens is 1. The van der Waals surface area contributed by atoms with Gasteiger partial charge in [0.1, 0.15) is 11.6 Å². The fourth-order valence-electron chi connectivity index (χ4n) is 3.96. The molecule has 0 bridgehead atoms. The Balaban J connectivity index is 1.39. The zero-order valence-corrected chi connectivity index (χ0v) is 17.8. The fraction of sp³-hybridized carbons (Fsp3) is 0.292. The van der Waals surface area contributed by atoms with E-state index in [-0.39, 0.29) is 11.7 Å². The van der Waals surface area contributed by atoms with Crippen LogP contribution in [0.2, 0.25) is 0 Å². The van der Waals surface area contributed by atoms with Crippen LogP contribution in [0.3, 0.4) is 0 Å². The molecule has 0 radical (unpaired) electrons. The van der Waals surface area contributed by atoms with Gasteiger partial charge in [0.2, 0.25) is 11.7 Å². The first-order valence-corrected chi connectivity index (χ1v) is 10.8. The molecule has 3 aromatic heterocycles. The lowest BCUT2D eigenvalue weighted by atomic mass is 9.98. The van der Waals surface area contributed by atoms with E-state index in [1.54, 1.807) is 24.5 Å². The summed E-state index contributed by atoms with van der Waals surface area (Å²) < 4.78 is 18.8. The maximum atomic E-state index is 13.2. The number of pyridine rings is 1. The van der Waals surface area contributed by atoms with E-state index < -0.39 is 0 Å². The molecule has 7 nitrogen and oxygen atoms in total. The number of benzene rings is 1. The van der Waals surface area contributed by atoms with Crippen LogP contribution in [0.5, 0.6) is 0 Å². The van der Waals surface area contributed by atoms with Crippen LogP contribution in [0.1, 0.15) is 37.3 Å². The summed E-state index contributed by atoms with van der Waals surface area (Å²) in [5, 5.41) is 4.11. The number of hydrogen-bond acceptors (Lipinski definition) is 7. The Kier molecular flexibility index (Phi) is 5.58. The number of aryl methyl sites for hydroxylation is 1. The van der Waals surface area contributed by atoms with Crippen molar-refractivity contribution < 1.29 is 8.91 Å². The highest BCUT2D eigenvalue weighted by Crippen LogP contribution is 2.31. The summed E-state index contributed by atoms with van der Waals surface area (Å²) in [5.41, 5.74) is 2.69. The average Bonchev–Trinajstić information content (AvgIpc) is 3.35. The zero-order valence-electron chi connectivity index (χ0n) is 17.8. The van der Waals surface area contributed by atoms with Crippen molar-refractivity contribution in [2.45, 2.75) is 32.1 Å². The van der Waals surface area contributed by atoms with E-state index in [1.165, 1.54) is 12.1 Å². The Hall–Kier alpha value is -3.68. The van der Waals surface area contributed by atoms with Gasteiger partial charge in [-0.25, -0.2) is 14.4 Å². The number of rotatable bonds is 5. The maximum Gasteiger partial charge on any atom is 0.231 e. The third kappa shape index (κ3) is 4.21. The first-order valence-electron chi connectivity index (χ1n) is 10.8. The molecule has 162 valence electrons. The number of anilines is 1. The van der Waals surface area contributed by atoms with Gasteiger partial charge in [0.15, 0.2) is 5.82 Å². The lowest BCUT2D eigenvalue weighted by Crippen LogP contribution is -2.35. The molecule has 1 fully saturated rings. The van der Waals surface area contributed by atoms with Crippen molar-refractivity contribution in [3.8, 4) is 22.8 Å². The average molecular weight is 430 g/mol. The van der Waals surface area contributed by atoms with Crippen LogP contribution < -0.4 is 4.90 Å². The highest BCUT2D eigenvalue weighted by Gasteiger charge is 2.27. The van der Waals surface area contributed by atoms with Gasteiger partial charge in [0.05, 0.1) is 5.92 Å². The maximum absolute atomic E-state index is 13.2. The molecular weight excluding hydrogens is 407 g/mol. The van der Waals surface area contributed by atoms with E-state index in [1.807, 2.05) is 12.1 Å². The minimum absolute atomic E-state index is 0.106. The second kappa shape index (κ2) is 8.82. The first-order chi connectivity index (χ1) is 15.7. The van der Waals surface area contributed by atoms with Crippen molar-refractivity contribution in [3.05, 3.63) is 72.3 Å². The van der Waals surface area contributed by atoms with Crippen molar-refractivity contribution in [3.63, 3.8) is 0 Å². The van der Waals surface area contributed by atoms with E-state index in [0.717, 1.165) is 55.0 Å². The van der Waals surface area contributed by atoms with Crippen molar-refractivity contribution in [1.82, 2.24) is 25.1 Å². The van der Waals surface area contributed by atoms with E-state index >= 15 is 0 Å².